The van der Waals surface area contributed by atoms with E-state index >= 15 is 0 Å². The summed E-state index contributed by atoms with van der Waals surface area (Å²) < 4.78 is 27.6. The number of hydrogen-bond donors (Lipinski definition) is 2. The summed E-state index contributed by atoms with van der Waals surface area (Å²) in [5, 5.41) is 2.97. The van der Waals surface area contributed by atoms with E-state index in [2.05, 4.69) is 10.0 Å². The van der Waals surface area contributed by atoms with Crippen molar-refractivity contribution in [2.75, 3.05) is 16.3 Å². The fourth-order valence-electron chi connectivity index (χ4n) is 1.90. The Kier molecular flexibility index (Phi) is 5.56. The summed E-state index contributed by atoms with van der Waals surface area (Å²) in [6, 6.07) is 11.1. The zero-order chi connectivity index (χ0) is 17.0. The Labute approximate surface area is 144 Å². The molecule has 0 radical (unpaired) electrons. The molecule has 0 unspecified atom stereocenters. The van der Waals surface area contributed by atoms with E-state index in [1.165, 1.54) is 24.8 Å². The van der Waals surface area contributed by atoms with Crippen LogP contribution >= 0.6 is 23.4 Å². The van der Waals surface area contributed by atoms with Crippen molar-refractivity contribution in [2.24, 2.45) is 0 Å². The Bertz CT molecular complexity index is 821. The molecule has 0 heterocycles. The molecule has 0 bridgehead atoms. The lowest BCUT2D eigenvalue weighted by atomic mass is 10.3. The topological polar surface area (TPSA) is 75.3 Å². The first kappa shape index (κ1) is 17.7. The number of hydrogen-bond acceptors (Lipinski definition) is 4. The van der Waals surface area contributed by atoms with E-state index < -0.39 is 10.0 Å². The molecule has 5 nitrogen and oxygen atoms in total. The lowest BCUT2D eigenvalue weighted by Gasteiger charge is -2.12. The highest BCUT2D eigenvalue weighted by atomic mass is 35.5. The standard InChI is InChI=1S/C15H15ClN2O3S2/c1-10(19)17-12-4-6-13(7-5-12)18-23(20,21)15-9-11(16)3-8-14(15)22-2/h3-9,18H,1-2H3,(H,17,19). The maximum absolute atomic E-state index is 12.5. The molecule has 2 N–H and O–H groups in total. The lowest BCUT2D eigenvalue weighted by Crippen LogP contribution is -2.14. The molecule has 2 aromatic rings. The van der Waals surface area contributed by atoms with Gasteiger partial charge in [-0.1, -0.05) is 11.6 Å². The quantitative estimate of drug-likeness (QED) is 0.784. The number of halogens is 1. The number of sulfonamides is 1. The van der Waals surface area contributed by atoms with Gasteiger partial charge in [0.1, 0.15) is 4.90 Å². The Balaban J connectivity index is 2.28. The first-order valence-corrected chi connectivity index (χ1v) is 9.64. The van der Waals surface area contributed by atoms with Crippen LogP contribution in [0.15, 0.2) is 52.3 Å². The molecule has 8 heteroatoms. The van der Waals surface area contributed by atoms with Crippen LogP contribution in [0.1, 0.15) is 6.92 Å². The molecule has 0 atom stereocenters. The van der Waals surface area contributed by atoms with Crippen LogP contribution in [0.3, 0.4) is 0 Å². The molecule has 2 rings (SSSR count). The predicted molar refractivity (Wildman–Crippen MR) is 94.8 cm³/mol. The number of thioether (sulfide) groups is 1. The highest BCUT2D eigenvalue weighted by molar-refractivity contribution is 7.99. The molecular weight excluding hydrogens is 356 g/mol. The first-order valence-electron chi connectivity index (χ1n) is 6.56. The molecular formula is C15H15ClN2O3S2. The van der Waals surface area contributed by atoms with Crippen molar-refractivity contribution in [2.45, 2.75) is 16.7 Å². The van der Waals surface area contributed by atoms with E-state index in [1.807, 2.05) is 0 Å². The fraction of sp³-hybridized carbons (Fsp3) is 0.133. The lowest BCUT2D eigenvalue weighted by molar-refractivity contribution is -0.114. The number of benzene rings is 2. The van der Waals surface area contributed by atoms with E-state index in [4.69, 9.17) is 11.6 Å². The van der Waals surface area contributed by atoms with Crippen LogP contribution in [0.2, 0.25) is 5.02 Å². The molecule has 0 saturated carbocycles. The van der Waals surface area contributed by atoms with E-state index in [0.29, 0.717) is 21.3 Å². The number of anilines is 2. The summed E-state index contributed by atoms with van der Waals surface area (Å²) in [5.74, 6) is -0.193. The van der Waals surface area contributed by atoms with Gasteiger partial charge in [0, 0.05) is 28.2 Å². The molecule has 0 spiro atoms. The zero-order valence-corrected chi connectivity index (χ0v) is 14.8. The smallest absolute Gasteiger partial charge is 0.263 e. The number of amides is 1. The summed E-state index contributed by atoms with van der Waals surface area (Å²) in [7, 11) is -3.76. The molecule has 0 saturated heterocycles. The van der Waals surface area contributed by atoms with Crippen molar-refractivity contribution in [3.63, 3.8) is 0 Å². The summed E-state index contributed by atoms with van der Waals surface area (Å²) in [4.78, 5) is 11.7. The van der Waals surface area contributed by atoms with Crippen molar-refractivity contribution in [1.29, 1.82) is 0 Å². The third-order valence-electron chi connectivity index (χ3n) is 2.87. The van der Waals surface area contributed by atoms with E-state index in [-0.39, 0.29) is 10.8 Å². The molecule has 23 heavy (non-hydrogen) atoms. The van der Waals surface area contributed by atoms with E-state index in [0.717, 1.165) is 0 Å². The summed E-state index contributed by atoms with van der Waals surface area (Å²) in [5.41, 5.74) is 0.985. The normalized spacial score (nSPS) is 11.1. The van der Waals surface area contributed by atoms with Crippen LogP contribution in [0, 0.1) is 0 Å². The van der Waals surface area contributed by atoms with Gasteiger partial charge >= 0.3 is 0 Å². The molecule has 0 aromatic heterocycles. The maximum Gasteiger partial charge on any atom is 0.263 e. The fourth-order valence-corrected chi connectivity index (χ4v) is 4.35. The van der Waals surface area contributed by atoms with Crippen LogP contribution in [0.5, 0.6) is 0 Å². The SMILES string of the molecule is CSc1ccc(Cl)cc1S(=O)(=O)Nc1ccc(NC(C)=O)cc1. The summed E-state index contributed by atoms with van der Waals surface area (Å²) in [6.45, 7) is 1.40. The van der Waals surface area contributed by atoms with Crippen LogP contribution in [0.25, 0.3) is 0 Å². The minimum Gasteiger partial charge on any atom is -0.326 e. The Hall–Kier alpha value is -1.70. The first-order chi connectivity index (χ1) is 10.8. The Morgan fingerprint density at radius 3 is 2.26 bits per heavy atom. The van der Waals surface area contributed by atoms with Crippen LogP contribution < -0.4 is 10.0 Å². The number of carbonyl (C=O) groups is 1. The monoisotopic (exact) mass is 370 g/mol. The molecule has 0 aliphatic heterocycles. The Morgan fingerprint density at radius 2 is 1.70 bits per heavy atom. The number of nitrogens with one attached hydrogen (secondary N) is 2. The molecule has 0 fully saturated rings. The highest BCUT2D eigenvalue weighted by Gasteiger charge is 2.19. The maximum atomic E-state index is 12.5. The van der Waals surface area contributed by atoms with Gasteiger partial charge in [-0.25, -0.2) is 8.42 Å². The third kappa shape index (κ3) is 4.63. The summed E-state index contributed by atoms with van der Waals surface area (Å²) >= 11 is 7.24. The van der Waals surface area contributed by atoms with Crippen molar-refractivity contribution >= 4 is 50.7 Å². The Morgan fingerprint density at radius 1 is 1.09 bits per heavy atom. The highest BCUT2D eigenvalue weighted by Crippen LogP contribution is 2.29. The second-order valence-electron chi connectivity index (χ2n) is 4.66. The number of rotatable bonds is 5. The van der Waals surface area contributed by atoms with Crippen molar-refractivity contribution in [3.8, 4) is 0 Å². The largest absolute Gasteiger partial charge is 0.326 e. The van der Waals surface area contributed by atoms with Crippen LogP contribution in [-0.2, 0) is 14.8 Å². The molecule has 2 aromatic carbocycles. The average molecular weight is 371 g/mol. The van der Waals surface area contributed by atoms with Gasteiger partial charge in [0.15, 0.2) is 0 Å². The van der Waals surface area contributed by atoms with Crippen molar-refractivity contribution < 1.29 is 13.2 Å². The van der Waals surface area contributed by atoms with Gasteiger partial charge in [0.05, 0.1) is 0 Å². The van der Waals surface area contributed by atoms with Gasteiger partial charge in [0.2, 0.25) is 5.91 Å². The van der Waals surface area contributed by atoms with Gasteiger partial charge in [-0.2, -0.15) is 0 Å². The van der Waals surface area contributed by atoms with Crippen molar-refractivity contribution in [1.82, 2.24) is 0 Å². The third-order valence-corrected chi connectivity index (χ3v) is 5.45. The zero-order valence-electron chi connectivity index (χ0n) is 12.5. The summed E-state index contributed by atoms with van der Waals surface area (Å²) in [6.07, 6.45) is 1.80. The van der Waals surface area contributed by atoms with Crippen LogP contribution in [0.4, 0.5) is 11.4 Å². The van der Waals surface area contributed by atoms with Gasteiger partial charge in [0.25, 0.3) is 10.0 Å². The predicted octanol–water partition coefficient (Wildman–Crippen LogP) is 3.82. The molecule has 122 valence electrons. The van der Waals surface area contributed by atoms with Gasteiger partial charge in [-0.05, 0) is 48.7 Å². The molecule has 0 aliphatic carbocycles. The molecule has 1 amide bonds. The van der Waals surface area contributed by atoms with Gasteiger partial charge < -0.3 is 5.32 Å². The van der Waals surface area contributed by atoms with Crippen molar-refractivity contribution in [3.05, 3.63) is 47.5 Å². The van der Waals surface area contributed by atoms with Gasteiger partial charge in [-0.3, -0.25) is 9.52 Å². The molecule has 0 aliphatic rings. The van der Waals surface area contributed by atoms with E-state index in [9.17, 15) is 13.2 Å². The average Bonchev–Trinajstić information content (AvgIpc) is 2.48. The number of carbonyl (C=O) groups excluding carboxylic acids is 1. The second kappa shape index (κ2) is 7.25. The van der Waals surface area contributed by atoms with Gasteiger partial charge in [-0.15, -0.1) is 11.8 Å². The minimum absolute atomic E-state index is 0.128. The van der Waals surface area contributed by atoms with E-state index in [1.54, 1.807) is 42.7 Å². The second-order valence-corrected chi connectivity index (χ2v) is 7.59. The van der Waals surface area contributed by atoms with Crippen LogP contribution in [-0.4, -0.2) is 20.6 Å². The minimum atomic E-state index is -3.76.